The molecule has 1 aliphatic rings. The van der Waals surface area contributed by atoms with E-state index in [0.717, 1.165) is 11.1 Å². The predicted molar refractivity (Wildman–Crippen MR) is 61.3 cm³/mol. The minimum absolute atomic E-state index is 0.193. The van der Waals surface area contributed by atoms with Gasteiger partial charge < -0.3 is 0 Å². The quantitative estimate of drug-likeness (QED) is 0.708. The summed E-state index contributed by atoms with van der Waals surface area (Å²) in [6, 6.07) is 5.73. The number of hydrogen-bond donors (Lipinski definition) is 1. The first kappa shape index (κ1) is 10.8. The van der Waals surface area contributed by atoms with E-state index in [2.05, 4.69) is 5.32 Å². The van der Waals surface area contributed by atoms with E-state index in [9.17, 15) is 9.59 Å². The third kappa shape index (κ3) is 1.97. The summed E-state index contributed by atoms with van der Waals surface area (Å²) in [6.07, 6.45) is 0. The van der Waals surface area contributed by atoms with Gasteiger partial charge in [0.15, 0.2) is 0 Å². The number of piperazine rings is 1. The minimum Gasteiger partial charge on any atom is -0.300 e. The van der Waals surface area contributed by atoms with Crippen molar-refractivity contribution in [3.8, 4) is 0 Å². The smallest absolute Gasteiger partial charge is 0.247 e. The van der Waals surface area contributed by atoms with Crippen LogP contribution in [0.2, 0.25) is 0 Å². The molecule has 1 aromatic rings. The molecule has 0 spiro atoms. The highest BCUT2D eigenvalue weighted by molar-refractivity contribution is 6.17. The van der Waals surface area contributed by atoms with Gasteiger partial charge in [-0.2, -0.15) is 0 Å². The molecule has 2 rings (SSSR count). The van der Waals surface area contributed by atoms with Crippen molar-refractivity contribution < 1.29 is 9.59 Å². The number of nitrogens with one attached hydrogen (secondary N) is 1. The second kappa shape index (κ2) is 4.06. The van der Waals surface area contributed by atoms with E-state index >= 15 is 0 Å². The Hall–Kier alpha value is -1.68. The SMILES string of the molecule is Cc1cc(C)cc(N2C(=O)CNCC2=O)c1. The Kier molecular flexibility index (Phi) is 2.75. The largest absolute Gasteiger partial charge is 0.300 e. The van der Waals surface area contributed by atoms with Crippen molar-refractivity contribution in [3.63, 3.8) is 0 Å². The molecule has 0 unspecified atom stereocenters. The lowest BCUT2D eigenvalue weighted by Gasteiger charge is -2.26. The Morgan fingerprint density at radius 2 is 1.50 bits per heavy atom. The van der Waals surface area contributed by atoms with Crippen molar-refractivity contribution in [3.05, 3.63) is 29.3 Å². The van der Waals surface area contributed by atoms with Gasteiger partial charge >= 0.3 is 0 Å². The number of amides is 2. The van der Waals surface area contributed by atoms with Gasteiger partial charge in [0.2, 0.25) is 11.8 Å². The third-order valence-corrected chi connectivity index (χ3v) is 2.52. The average molecular weight is 218 g/mol. The van der Waals surface area contributed by atoms with Gasteiger partial charge in [-0.3, -0.25) is 14.9 Å². The van der Waals surface area contributed by atoms with Crippen LogP contribution >= 0.6 is 0 Å². The van der Waals surface area contributed by atoms with E-state index < -0.39 is 0 Å². The van der Waals surface area contributed by atoms with Crippen LogP contribution in [-0.2, 0) is 9.59 Å². The summed E-state index contributed by atoms with van der Waals surface area (Å²) in [6.45, 7) is 4.35. The number of rotatable bonds is 1. The summed E-state index contributed by atoms with van der Waals surface area (Å²) in [4.78, 5) is 24.6. The second-order valence-corrected chi connectivity index (χ2v) is 4.07. The minimum atomic E-state index is -0.193. The molecule has 0 atom stereocenters. The number of aryl methyl sites for hydroxylation is 2. The molecule has 0 bridgehead atoms. The maximum absolute atomic E-state index is 11.7. The molecule has 0 radical (unpaired) electrons. The van der Waals surface area contributed by atoms with Crippen molar-refractivity contribution in [2.24, 2.45) is 0 Å². The maximum atomic E-state index is 11.7. The van der Waals surface area contributed by atoms with Crippen molar-refractivity contribution >= 4 is 17.5 Å². The topological polar surface area (TPSA) is 49.4 Å². The Morgan fingerprint density at radius 3 is 2.00 bits per heavy atom. The summed E-state index contributed by atoms with van der Waals surface area (Å²) in [5.74, 6) is -0.387. The fourth-order valence-corrected chi connectivity index (χ4v) is 1.94. The van der Waals surface area contributed by atoms with Gasteiger partial charge in [0.05, 0.1) is 18.8 Å². The van der Waals surface area contributed by atoms with Gasteiger partial charge in [-0.05, 0) is 37.1 Å². The molecule has 4 nitrogen and oxygen atoms in total. The van der Waals surface area contributed by atoms with Crippen LogP contribution in [0.4, 0.5) is 5.69 Å². The molecule has 0 aromatic heterocycles. The lowest BCUT2D eigenvalue weighted by atomic mass is 10.1. The summed E-state index contributed by atoms with van der Waals surface area (Å²) in [7, 11) is 0. The van der Waals surface area contributed by atoms with E-state index in [-0.39, 0.29) is 24.9 Å². The molecule has 84 valence electrons. The standard InChI is InChI=1S/C12H14N2O2/c1-8-3-9(2)5-10(4-8)14-11(15)6-13-7-12(14)16/h3-5,13H,6-7H2,1-2H3. The van der Waals surface area contributed by atoms with Crippen LogP contribution in [0.5, 0.6) is 0 Å². The number of hydrogen-bond acceptors (Lipinski definition) is 3. The predicted octanol–water partition coefficient (Wildman–Crippen LogP) is 0.766. The van der Waals surface area contributed by atoms with E-state index in [4.69, 9.17) is 0 Å². The first-order valence-electron chi connectivity index (χ1n) is 5.23. The van der Waals surface area contributed by atoms with Crippen LogP contribution in [0.1, 0.15) is 11.1 Å². The molecule has 1 fully saturated rings. The highest BCUT2D eigenvalue weighted by Gasteiger charge is 2.27. The van der Waals surface area contributed by atoms with Crippen LogP contribution in [0, 0.1) is 13.8 Å². The van der Waals surface area contributed by atoms with Crippen LogP contribution in [0.15, 0.2) is 18.2 Å². The second-order valence-electron chi connectivity index (χ2n) is 4.07. The molecule has 2 amide bonds. The fourth-order valence-electron chi connectivity index (χ4n) is 1.94. The Morgan fingerprint density at radius 1 is 1.00 bits per heavy atom. The van der Waals surface area contributed by atoms with E-state index in [0.29, 0.717) is 5.69 Å². The molecule has 0 aliphatic carbocycles. The normalized spacial score (nSPS) is 16.8. The van der Waals surface area contributed by atoms with Gasteiger partial charge in [0, 0.05) is 0 Å². The van der Waals surface area contributed by atoms with E-state index in [1.165, 1.54) is 4.90 Å². The van der Waals surface area contributed by atoms with Crippen LogP contribution in [0.25, 0.3) is 0 Å². The first-order chi connectivity index (χ1) is 7.58. The molecule has 1 heterocycles. The molecule has 1 N–H and O–H groups in total. The van der Waals surface area contributed by atoms with Crippen molar-refractivity contribution in [2.45, 2.75) is 13.8 Å². The lowest BCUT2D eigenvalue weighted by Crippen LogP contribution is -2.52. The maximum Gasteiger partial charge on any atom is 0.247 e. The zero-order chi connectivity index (χ0) is 11.7. The molecule has 0 saturated carbocycles. The third-order valence-electron chi connectivity index (χ3n) is 2.52. The Bertz CT molecular complexity index is 418. The molecule has 1 aliphatic heterocycles. The molecule has 1 aromatic carbocycles. The molecular formula is C12H14N2O2. The van der Waals surface area contributed by atoms with Crippen molar-refractivity contribution in [1.29, 1.82) is 0 Å². The van der Waals surface area contributed by atoms with Gasteiger partial charge in [-0.25, -0.2) is 4.90 Å². The zero-order valence-corrected chi connectivity index (χ0v) is 9.41. The van der Waals surface area contributed by atoms with Gasteiger partial charge in [-0.15, -0.1) is 0 Å². The highest BCUT2D eigenvalue weighted by atomic mass is 16.2. The van der Waals surface area contributed by atoms with Crippen molar-refractivity contribution in [2.75, 3.05) is 18.0 Å². The lowest BCUT2D eigenvalue weighted by molar-refractivity contribution is -0.127. The molecule has 4 heteroatoms. The molecule has 16 heavy (non-hydrogen) atoms. The Labute approximate surface area is 94.2 Å². The Balaban J connectivity index is 2.41. The number of anilines is 1. The molecular weight excluding hydrogens is 204 g/mol. The van der Waals surface area contributed by atoms with Crippen LogP contribution in [0.3, 0.4) is 0 Å². The van der Waals surface area contributed by atoms with Gasteiger partial charge in [-0.1, -0.05) is 6.07 Å². The summed E-state index contributed by atoms with van der Waals surface area (Å²) in [5, 5.41) is 2.77. The number of imide groups is 1. The monoisotopic (exact) mass is 218 g/mol. The number of nitrogens with zero attached hydrogens (tertiary/aromatic N) is 1. The van der Waals surface area contributed by atoms with E-state index in [1.54, 1.807) is 0 Å². The summed E-state index contributed by atoms with van der Waals surface area (Å²) < 4.78 is 0. The van der Waals surface area contributed by atoms with E-state index in [1.807, 2.05) is 32.0 Å². The summed E-state index contributed by atoms with van der Waals surface area (Å²) >= 11 is 0. The van der Waals surface area contributed by atoms with Crippen molar-refractivity contribution in [1.82, 2.24) is 5.32 Å². The van der Waals surface area contributed by atoms with Crippen LogP contribution in [-0.4, -0.2) is 24.9 Å². The number of carbonyl (C=O) groups is 2. The number of benzene rings is 1. The van der Waals surface area contributed by atoms with Gasteiger partial charge in [0.25, 0.3) is 0 Å². The first-order valence-corrected chi connectivity index (χ1v) is 5.23. The van der Waals surface area contributed by atoms with Crippen LogP contribution < -0.4 is 10.2 Å². The fraction of sp³-hybridized carbons (Fsp3) is 0.333. The average Bonchev–Trinajstić information content (AvgIpc) is 2.15. The summed E-state index contributed by atoms with van der Waals surface area (Å²) in [5.41, 5.74) is 2.78. The highest BCUT2D eigenvalue weighted by Crippen LogP contribution is 2.20. The van der Waals surface area contributed by atoms with Gasteiger partial charge in [0.1, 0.15) is 0 Å². The molecule has 1 saturated heterocycles. The number of carbonyl (C=O) groups excluding carboxylic acids is 2. The zero-order valence-electron chi connectivity index (χ0n) is 9.41.